The van der Waals surface area contributed by atoms with Gasteiger partial charge in [-0.2, -0.15) is 0 Å². The van der Waals surface area contributed by atoms with E-state index >= 15 is 0 Å². The lowest BCUT2D eigenvalue weighted by atomic mass is 9.85. The van der Waals surface area contributed by atoms with Gasteiger partial charge in [-0.05, 0) is 69.0 Å². The molecule has 1 fully saturated rings. The fourth-order valence-electron chi connectivity index (χ4n) is 4.23. The molecule has 5 heteroatoms. The van der Waals surface area contributed by atoms with Gasteiger partial charge < -0.3 is 9.47 Å². The van der Waals surface area contributed by atoms with Gasteiger partial charge in [0, 0.05) is 6.07 Å². The molecule has 4 rings (SSSR count). The van der Waals surface area contributed by atoms with E-state index in [1.54, 1.807) is 19.1 Å². The number of ether oxygens (including phenoxy) is 2. The molecule has 0 N–H and O–H groups in total. The molecule has 0 radical (unpaired) electrons. The van der Waals surface area contributed by atoms with Crippen LogP contribution in [0.25, 0.3) is 0 Å². The van der Waals surface area contributed by atoms with Crippen molar-refractivity contribution in [2.75, 3.05) is 6.61 Å². The average molecular weight is 476 g/mol. The minimum atomic E-state index is -0.749. The standard InChI is InChI=1S/C29H28FO3S/c1-2-18-29(19-10-5-11-20-29)33-28(31)22-32-27-21-25(16-17-26(27)30)34(23-12-6-3-7-13-23)24-14-8-4-9-15-24/h3-4,6-9,12-17,21H,5,10-11,19-20,22H2,1H3/q+1. The molecule has 0 saturated heterocycles. The normalized spacial score (nSPS) is 14.7. The van der Waals surface area contributed by atoms with E-state index in [2.05, 4.69) is 36.1 Å². The van der Waals surface area contributed by atoms with Crippen molar-refractivity contribution in [2.45, 2.75) is 59.3 Å². The molecule has 0 aromatic heterocycles. The number of carbonyl (C=O) groups is 1. The molecule has 34 heavy (non-hydrogen) atoms. The fourth-order valence-corrected chi connectivity index (χ4v) is 6.33. The highest BCUT2D eigenvalue weighted by Gasteiger charge is 2.34. The van der Waals surface area contributed by atoms with Crippen LogP contribution in [0.15, 0.2) is 93.5 Å². The summed E-state index contributed by atoms with van der Waals surface area (Å²) in [7, 11) is -0.444. The van der Waals surface area contributed by atoms with Crippen molar-refractivity contribution in [2.24, 2.45) is 0 Å². The Morgan fingerprint density at radius 3 is 2.12 bits per heavy atom. The van der Waals surface area contributed by atoms with Gasteiger partial charge >= 0.3 is 5.97 Å². The van der Waals surface area contributed by atoms with Crippen LogP contribution in [0.5, 0.6) is 5.75 Å². The summed E-state index contributed by atoms with van der Waals surface area (Å²) < 4.78 is 26.0. The minimum Gasteiger partial charge on any atom is -0.479 e. The summed E-state index contributed by atoms with van der Waals surface area (Å²) in [6.45, 7) is 1.39. The maximum atomic E-state index is 14.6. The molecule has 0 spiro atoms. The second kappa shape index (κ2) is 11.3. The molecule has 1 saturated carbocycles. The van der Waals surface area contributed by atoms with Crippen LogP contribution < -0.4 is 4.74 Å². The molecular formula is C29H28FO3S+. The Kier molecular flexibility index (Phi) is 7.92. The maximum Gasteiger partial charge on any atom is 0.345 e. The van der Waals surface area contributed by atoms with E-state index in [0.717, 1.165) is 46.8 Å². The van der Waals surface area contributed by atoms with Gasteiger partial charge in [-0.3, -0.25) is 0 Å². The van der Waals surface area contributed by atoms with Gasteiger partial charge in [0.25, 0.3) is 0 Å². The summed E-state index contributed by atoms with van der Waals surface area (Å²) in [6.07, 6.45) is 4.51. The van der Waals surface area contributed by atoms with E-state index in [1.807, 2.05) is 36.4 Å². The Labute approximate surface area is 203 Å². The zero-order valence-corrected chi connectivity index (χ0v) is 20.1. The highest BCUT2D eigenvalue weighted by atomic mass is 32.2. The van der Waals surface area contributed by atoms with Crippen LogP contribution in [-0.4, -0.2) is 18.2 Å². The SMILES string of the molecule is CC#CC1(OC(=O)COc2cc([S+](c3ccccc3)c3ccccc3)ccc2F)CCCCC1. The molecule has 0 bridgehead atoms. The Morgan fingerprint density at radius 2 is 1.53 bits per heavy atom. The maximum absolute atomic E-state index is 14.6. The van der Waals surface area contributed by atoms with Gasteiger partial charge in [-0.15, -0.1) is 5.92 Å². The van der Waals surface area contributed by atoms with Crippen LogP contribution >= 0.6 is 0 Å². The molecule has 3 aromatic carbocycles. The highest BCUT2D eigenvalue weighted by Crippen LogP contribution is 2.34. The third kappa shape index (κ3) is 5.81. The van der Waals surface area contributed by atoms with Gasteiger partial charge in [0.2, 0.25) is 0 Å². The molecule has 0 unspecified atom stereocenters. The van der Waals surface area contributed by atoms with E-state index in [4.69, 9.17) is 9.47 Å². The Balaban J connectivity index is 1.54. The van der Waals surface area contributed by atoms with Crippen molar-refractivity contribution in [3.8, 4) is 17.6 Å². The highest BCUT2D eigenvalue weighted by molar-refractivity contribution is 7.97. The quantitative estimate of drug-likeness (QED) is 0.220. The Bertz CT molecular complexity index is 1120. The van der Waals surface area contributed by atoms with E-state index < -0.39 is 28.3 Å². The summed E-state index contributed by atoms with van der Waals surface area (Å²) in [5.41, 5.74) is -0.749. The summed E-state index contributed by atoms with van der Waals surface area (Å²) in [4.78, 5) is 15.7. The largest absolute Gasteiger partial charge is 0.479 e. The predicted molar refractivity (Wildman–Crippen MR) is 132 cm³/mol. The molecule has 1 aliphatic carbocycles. The lowest BCUT2D eigenvalue weighted by molar-refractivity contribution is -0.159. The molecule has 3 aromatic rings. The molecule has 0 atom stereocenters. The van der Waals surface area contributed by atoms with Gasteiger partial charge in [0.05, 0.1) is 10.9 Å². The third-order valence-corrected chi connectivity index (χ3v) is 7.98. The number of carbonyl (C=O) groups excluding carboxylic acids is 1. The first-order valence-corrected chi connectivity index (χ1v) is 12.8. The van der Waals surface area contributed by atoms with Gasteiger partial charge in [-0.1, -0.05) is 48.7 Å². The first-order valence-electron chi connectivity index (χ1n) is 11.5. The lowest BCUT2D eigenvalue weighted by Crippen LogP contribution is -2.37. The van der Waals surface area contributed by atoms with Crippen molar-refractivity contribution >= 4 is 16.9 Å². The second-order valence-electron chi connectivity index (χ2n) is 8.22. The van der Waals surface area contributed by atoms with Crippen LogP contribution in [0.3, 0.4) is 0 Å². The van der Waals surface area contributed by atoms with E-state index in [0.29, 0.717) is 0 Å². The number of hydrogen-bond acceptors (Lipinski definition) is 3. The molecule has 0 aliphatic heterocycles. The zero-order valence-electron chi connectivity index (χ0n) is 19.3. The molecule has 3 nitrogen and oxygen atoms in total. The van der Waals surface area contributed by atoms with E-state index in [-0.39, 0.29) is 12.4 Å². The first-order chi connectivity index (χ1) is 16.6. The smallest absolute Gasteiger partial charge is 0.345 e. The molecule has 174 valence electrons. The first kappa shape index (κ1) is 23.9. The summed E-state index contributed by atoms with van der Waals surface area (Å²) in [5.74, 6) is 4.97. The average Bonchev–Trinajstić information content (AvgIpc) is 2.86. The van der Waals surface area contributed by atoms with Crippen molar-refractivity contribution in [3.05, 3.63) is 84.7 Å². The molecule has 0 heterocycles. The van der Waals surface area contributed by atoms with Gasteiger partial charge in [0.15, 0.2) is 38.5 Å². The number of benzene rings is 3. The monoisotopic (exact) mass is 475 g/mol. The van der Waals surface area contributed by atoms with Crippen LogP contribution in [0, 0.1) is 17.7 Å². The van der Waals surface area contributed by atoms with Crippen LogP contribution in [-0.2, 0) is 20.4 Å². The number of rotatable bonds is 7. The van der Waals surface area contributed by atoms with Gasteiger partial charge in [0.1, 0.15) is 0 Å². The number of hydrogen-bond donors (Lipinski definition) is 0. The Hall–Kier alpha value is -3.23. The molecule has 1 aliphatic rings. The molecular weight excluding hydrogens is 447 g/mol. The van der Waals surface area contributed by atoms with Crippen molar-refractivity contribution in [3.63, 3.8) is 0 Å². The van der Waals surface area contributed by atoms with Crippen LogP contribution in [0.1, 0.15) is 39.0 Å². The van der Waals surface area contributed by atoms with Crippen LogP contribution in [0.2, 0.25) is 0 Å². The van der Waals surface area contributed by atoms with Crippen molar-refractivity contribution in [1.29, 1.82) is 0 Å². The topological polar surface area (TPSA) is 35.5 Å². The van der Waals surface area contributed by atoms with E-state index in [9.17, 15) is 9.18 Å². The van der Waals surface area contributed by atoms with Crippen LogP contribution in [0.4, 0.5) is 4.39 Å². The number of halogens is 1. The third-order valence-electron chi connectivity index (χ3n) is 5.76. The fraction of sp³-hybridized carbons (Fsp3) is 0.276. The summed E-state index contributed by atoms with van der Waals surface area (Å²) >= 11 is 0. The lowest BCUT2D eigenvalue weighted by Gasteiger charge is -2.32. The van der Waals surface area contributed by atoms with Crippen molar-refractivity contribution in [1.82, 2.24) is 0 Å². The summed E-state index contributed by atoms with van der Waals surface area (Å²) in [5, 5.41) is 0. The van der Waals surface area contributed by atoms with E-state index in [1.165, 1.54) is 6.07 Å². The van der Waals surface area contributed by atoms with Crippen molar-refractivity contribution < 1.29 is 18.7 Å². The summed E-state index contributed by atoms with van der Waals surface area (Å²) in [6, 6.07) is 25.1. The number of esters is 1. The molecule has 0 amide bonds. The van der Waals surface area contributed by atoms with Gasteiger partial charge in [-0.25, -0.2) is 9.18 Å². The second-order valence-corrected chi connectivity index (χ2v) is 10.2. The Morgan fingerprint density at radius 1 is 0.912 bits per heavy atom. The zero-order chi connectivity index (χ0) is 23.8. The predicted octanol–water partition coefficient (Wildman–Crippen LogP) is 6.57. The minimum absolute atomic E-state index is 0.0399.